The highest BCUT2D eigenvalue weighted by atomic mass is 16.5. The van der Waals surface area contributed by atoms with E-state index in [1.165, 1.54) is 5.56 Å². The van der Waals surface area contributed by atoms with Crippen LogP contribution in [0, 0.1) is 12.3 Å². The lowest BCUT2D eigenvalue weighted by Gasteiger charge is -2.28. The normalized spacial score (nSPS) is 11.2. The van der Waals surface area contributed by atoms with Crippen LogP contribution in [0.15, 0.2) is 24.3 Å². The summed E-state index contributed by atoms with van der Waals surface area (Å²) in [6, 6.07) is 7.87. The minimum atomic E-state index is -0.515. The van der Waals surface area contributed by atoms with Crippen LogP contribution in [0.2, 0.25) is 0 Å². The summed E-state index contributed by atoms with van der Waals surface area (Å²) in [5.74, 6) is 0.868. The van der Waals surface area contributed by atoms with E-state index in [2.05, 4.69) is 0 Å². The van der Waals surface area contributed by atoms with Crippen molar-refractivity contribution in [2.45, 2.75) is 20.8 Å². The number of nitrogens with zero attached hydrogens (tertiary/aromatic N) is 1. The summed E-state index contributed by atoms with van der Waals surface area (Å²) in [5.41, 5.74) is 6.28. The Morgan fingerprint density at radius 1 is 1.32 bits per heavy atom. The summed E-state index contributed by atoms with van der Waals surface area (Å²) in [7, 11) is 1.78. The van der Waals surface area contributed by atoms with Crippen LogP contribution >= 0.6 is 0 Å². The van der Waals surface area contributed by atoms with Gasteiger partial charge in [0.05, 0.1) is 12.0 Å². The minimum Gasteiger partial charge on any atom is -0.492 e. The molecule has 2 N–H and O–H groups in total. The standard InChI is InChI=1S/C15H24N2O2/c1-12-5-7-13(8-6-12)19-10-9-17(4)14(18)15(2,3)11-16/h5-8H,9-11,16H2,1-4H3. The zero-order valence-corrected chi connectivity index (χ0v) is 12.3. The fourth-order valence-corrected chi connectivity index (χ4v) is 1.64. The monoisotopic (exact) mass is 264 g/mol. The van der Waals surface area contributed by atoms with E-state index in [9.17, 15) is 4.79 Å². The molecule has 19 heavy (non-hydrogen) atoms. The SMILES string of the molecule is Cc1ccc(OCCN(C)C(=O)C(C)(C)CN)cc1. The molecule has 0 heterocycles. The number of aryl methyl sites for hydroxylation is 1. The molecule has 1 aromatic carbocycles. The van der Waals surface area contributed by atoms with Crippen molar-refractivity contribution in [3.05, 3.63) is 29.8 Å². The van der Waals surface area contributed by atoms with E-state index in [0.717, 1.165) is 5.75 Å². The van der Waals surface area contributed by atoms with Gasteiger partial charge in [0, 0.05) is 13.6 Å². The molecule has 0 unspecified atom stereocenters. The Morgan fingerprint density at radius 2 is 1.89 bits per heavy atom. The maximum atomic E-state index is 12.1. The second-order valence-electron chi connectivity index (χ2n) is 5.48. The van der Waals surface area contributed by atoms with E-state index in [0.29, 0.717) is 19.7 Å². The number of rotatable bonds is 6. The lowest BCUT2D eigenvalue weighted by molar-refractivity contribution is -0.138. The van der Waals surface area contributed by atoms with Gasteiger partial charge in [-0.1, -0.05) is 17.7 Å². The largest absolute Gasteiger partial charge is 0.492 e. The Kier molecular flexibility index (Phi) is 5.36. The van der Waals surface area contributed by atoms with Crippen LogP contribution < -0.4 is 10.5 Å². The van der Waals surface area contributed by atoms with Crippen LogP contribution in [-0.2, 0) is 4.79 Å². The van der Waals surface area contributed by atoms with Crippen molar-refractivity contribution in [3.63, 3.8) is 0 Å². The second kappa shape index (κ2) is 6.57. The third kappa shape index (κ3) is 4.56. The lowest BCUT2D eigenvalue weighted by Crippen LogP contribution is -2.44. The Bertz CT molecular complexity index is 413. The van der Waals surface area contributed by atoms with Crippen molar-refractivity contribution in [1.82, 2.24) is 4.90 Å². The van der Waals surface area contributed by atoms with Crippen LogP contribution in [-0.4, -0.2) is 37.6 Å². The van der Waals surface area contributed by atoms with Gasteiger partial charge in [-0.25, -0.2) is 0 Å². The molecule has 0 spiro atoms. The molecule has 0 fully saturated rings. The number of benzene rings is 1. The van der Waals surface area contributed by atoms with E-state index in [-0.39, 0.29) is 5.91 Å². The van der Waals surface area contributed by atoms with Gasteiger partial charge in [0.1, 0.15) is 12.4 Å². The number of likely N-dealkylation sites (N-methyl/N-ethyl adjacent to an activating group) is 1. The molecule has 1 amide bonds. The molecule has 4 heteroatoms. The number of ether oxygens (including phenoxy) is 1. The Morgan fingerprint density at radius 3 is 2.42 bits per heavy atom. The van der Waals surface area contributed by atoms with E-state index in [1.54, 1.807) is 11.9 Å². The average Bonchev–Trinajstić information content (AvgIpc) is 2.40. The van der Waals surface area contributed by atoms with Crippen molar-refractivity contribution in [2.75, 3.05) is 26.7 Å². The van der Waals surface area contributed by atoms with E-state index in [1.807, 2.05) is 45.0 Å². The van der Waals surface area contributed by atoms with Crippen LogP contribution in [0.4, 0.5) is 0 Å². The number of carbonyl (C=O) groups excluding carboxylic acids is 1. The molecule has 0 saturated heterocycles. The van der Waals surface area contributed by atoms with Crippen molar-refractivity contribution < 1.29 is 9.53 Å². The van der Waals surface area contributed by atoms with Crippen LogP contribution in [0.3, 0.4) is 0 Å². The number of hydrogen-bond acceptors (Lipinski definition) is 3. The Balaban J connectivity index is 2.40. The highest BCUT2D eigenvalue weighted by molar-refractivity contribution is 5.81. The van der Waals surface area contributed by atoms with Crippen molar-refractivity contribution in [2.24, 2.45) is 11.1 Å². The highest BCUT2D eigenvalue weighted by Gasteiger charge is 2.28. The van der Waals surface area contributed by atoms with Gasteiger partial charge in [-0.3, -0.25) is 4.79 Å². The van der Waals surface area contributed by atoms with Gasteiger partial charge in [0.15, 0.2) is 0 Å². The highest BCUT2D eigenvalue weighted by Crippen LogP contribution is 2.16. The number of carbonyl (C=O) groups is 1. The van der Waals surface area contributed by atoms with Crippen molar-refractivity contribution in [1.29, 1.82) is 0 Å². The van der Waals surface area contributed by atoms with Gasteiger partial charge >= 0.3 is 0 Å². The van der Waals surface area contributed by atoms with E-state index in [4.69, 9.17) is 10.5 Å². The summed E-state index contributed by atoms with van der Waals surface area (Å²) < 4.78 is 5.60. The first-order valence-electron chi connectivity index (χ1n) is 6.52. The number of hydrogen-bond donors (Lipinski definition) is 1. The minimum absolute atomic E-state index is 0.0440. The molecule has 4 nitrogen and oxygen atoms in total. The molecule has 0 aliphatic carbocycles. The molecule has 0 aromatic heterocycles. The molecular weight excluding hydrogens is 240 g/mol. The fourth-order valence-electron chi connectivity index (χ4n) is 1.64. The summed E-state index contributed by atoms with van der Waals surface area (Å²) in [6.45, 7) is 7.11. The van der Waals surface area contributed by atoms with Gasteiger partial charge < -0.3 is 15.4 Å². The molecule has 0 saturated carbocycles. The average molecular weight is 264 g/mol. The maximum Gasteiger partial charge on any atom is 0.229 e. The zero-order chi connectivity index (χ0) is 14.5. The van der Waals surface area contributed by atoms with Crippen molar-refractivity contribution in [3.8, 4) is 5.75 Å². The first kappa shape index (κ1) is 15.5. The zero-order valence-electron chi connectivity index (χ0n) is 12.3. The van der Waals surface area contributed by atoms with Gasteiger partial charge in [0.2, 0.25) is 5.91 Å². The van der Waals surface area contributed by atoms with Gasteiger partial charge in [0.25, 0.3) is 0 Å². The summed E-state index contributed by atoms with van der Waals surface area (Å²) in [5, 5.41) is 0. The van der Waals surface area contributed by atoms with E-state index >= 15 is 0 Å². The van der Waals surface area contributed by atoms with Gasteiger partial charge in [-0.15, -0.1) is 0 Å². The molecule has 0 aliphatic heterocycles. The van der Waals surface area contributed by atoms with E-state index < -0.39 is 5.41 Å². The second-order valence-corrected chi connectivity index (χ2v) is 5.48. The van der Waals surface area contributed by atoms with Crippen LogP contribution in [0.5, 0.6) is 5.75 Å². The fraction of sp³-hybridized carbons (Fsp3) is 0.533. The smallest absolute Gasteiger partial charge is 0.229 e. The molecule has 0 atom stereocenters. The first-order valence-corrected chi connectivity index (χ1v) is 6.52. The molecule has 106 valence electrons. The molecule has 1 aromatic rings. The number of amides is 1. The lowest BCUT2D eigenvalue weighted by atomic mass is 9.92. The molecule has 0 bridgehead atoms. The third-order valence-electron chi connectivity index (χ3n) is 3.15. The molecule has 0 aliphatic rings. The summed E-state index contributed by atoms with van der Waals surface area (Å²) in [6.07, 6.45) is 0. The van der Waals surface area contributed by atoms with Gasteiger partial charge in [-0.2, -0.15) is 0 Å². The van der Waals surface area contributed by atoms with Crippen LogP contribution in [0.25, 0.3) is 0 Å². The summed E-state index contributed by atoms with van der Waals surface area (Å²) >= 11 is 0. The van der Waals surface area contributed by atoms with Crippen LogP contribution in [0.1, 0.15) is 19.4 Å². The predicted octanol–water partition coefficient (Wildman–Crippen LogP) is 1.82. The molecule has 0 radical (unpaired) electrons. The molecule has 1 rings (SSSR count). The Hall–Kier alpha value is -1.55. The molecular formula is C15H24N2O2. The number of nitrogens with two attached hydrogens (primary N) is 1. The quantitative estimate of drug-likeness (QED) is 0.852. The third-order valence-corrected chi connectivity index (χ3v) is 3.15. The summed E-state index contributed by atoms with van der Waals surface area (Å²) in [4.78, 5) is 13.7. The van der Waals surface area contributed by atoms with Crippen molar-refractivity contribution >= 4 is 5.91 Å². The first-order chi connectivity index (χ1) is 8.86. The predicted molar refractivity (Wildman–Crippen MR) is 77.1 cm³/mol. The van der Waals surface area contributed by atoms with Gasteiger partial charge in [-0.05, 0) is 32.9 Å². The maximum absolute atomic E-state index is 12.1. The Labute approximate surface area is 115 Å². The topological polar surface area (TPSA) is 55.6 Å².